The average Bonchev–Trinajstić information content (AvgIpc) is 1.61. The Hall–Kier alpha value is -12.4. The second-order valence-corrected chi connectivity index (χ2v) is 28.1. The van der Waals surface area contributed by atoms with Crippen molar-refractivity contribution in [2.45, 2.75) is 0 Å². The van der Waals surface area contributed by atoms with Crippen LogP contribution in [0.15, 0.2) is 349 Å². The normalized spacial score (nSPS) is 11.4. The molecule has 0 aliphatic heterocycles. The van der Waals surface area contributed by atoms with Crippen LogP contribution in [0, 0.1) is 0 Å². The molecule has 12 heteroatoms. The summed E-state index contributed by atoms with van der Waals surface area (Å²) in [5.74, 6) is 0. The lowest BCUT2D eigenvalue weighted by molar-refractivity contribution is 0.426. The van der Waals surface area contributed by atoms with E-state index >= 15 is 0 Å². The third kappa shape index (κ3) is 12.2. The molecule has 104 heavy (non-hydrogen) atoms. The van der Waals surface area contributed by atoms with Gasteiger partial charge in [0.2, 0.25) is 0 Å². The van der Waals surface area contributed by atoms with Gasteiger partial charge in [-0.1, -0.05) is 272 Å². The van der Waals surface area contributed by atoms with Crippen LogP contribution < -0.4 is 5.46 Å². The van der Waals surface area contributed by atoms with Crippen molar-refractivity contribution < 1.29 is 18.9 Å². The lowest BCUT2D eigenvalue weighted by Gasteiger charge is -2.09. The fourth-order valence-electron chi connectivity index (χ4n) is 14.1. The Kier molecular flexibility index (Phi) is 16.8. The fourth-order valence-corrected chi connectivity index (χ4v) is 16.7. The molecule has 14 aromatic carbocycles. The molecule has 0 fully saturated rings. The maximum absolute atomic E-state index is 8.94. The Bertz CT molecular complexity index is 6610. The number of rotatable bonds is 10. The van der Waals surface area contributed by atoms with E-state index in [0.717, 1.165) is 100.0 Å². The minimum absolute atomic E-state index is 0.509. The van der Waals surface area contributed by atoms with Crippen LogP contribution in [0.5, 0.6) is 0 Å². The lowest BCUT2D eigenvalue weighted by atomic mass is 9.80. The molecule has 0 atom stereocenters. The Morgan fingerprint density at radius 3 is 1.11 bits per heavy atom. The van der Waals surface area contributed by atoms with Crippen molar-refractivity contribution in [1.29, 1.82) is 0 Å². The third-order valence-corrected chi connectivity index (χ3v) is 21.9. The van der Waals surface area contributed by atoms with Gasteiger partial charge in [-0.15, -0.1) is 22.7 Å². The topological polar surface area (TPSA) is 118 Å². The number of benzene rings is 14. The van der Waals surface area contributed by atoms with Crippen molar-refractivity contribution >= 4 is 131 Å². The summed E-state index contributed by atoms with van der Waals surface area (Å²) in [6.45, 7) is 0. The number of fused-ring (bicyclic) bond motifs is 12. The van der Waals surface area contributed by atoms with E-state index in [-0.39, 0.29) is 0 Å². The SMILES string of the molecule is Clc1ccc2oc3c(-c4cccc(-c5cccc(-c6cccc7c6sc6ccccc67)c5)c4)ncnc3c2c1.OB(O)c1ccc(-c2ccccc2)cc1.c1ccc(-c2ccc(-c3ccc4oc5c(-c6cccc(-c7cccc(-c8cccc9c8sc8ccccc89)c7)c6)ncnc5c4c3)cc2)cc1. The number of hydrogen-bond acceptors (Lipinski definition) is 10. The molecular weight excluding hydrogens is 1340 g/mol. The minimum Gasteiger partial charge on any atom is -0.452 e. The molecule has 0 saturated heterocycles. The molecule has 0 aliphatic carbocycles. The summed E-state index contributed by atoms with van der Waals surface area (Å²) < 4.78 is 17.9. The molecule has 492 valence electrons. The van der Waals surface area contributed by atoms with Crippen LogP contribution in [0.25, 0.3) is 185 Å². The molecule has 6 heterocycles. The number of furan rings is 2. The molecule has 20 rings (SSSR count). The quantitative estimate of drug-likeness (QED) is 0.130. The van der Waals surface area contributed by atoms with Crippen molar-refractivity contribution in [1.82, 2.24) is 19.9 Å². The van der Waals surface area contributed by atoms with E-state index in [1.807, 2.05) is 95.5 Å². The number of thiophene rings is 2. The molecule has 0 saturated carbocycles. The summed E-state index contributed by atoms with van der Waals surface area (Å²) in [6, 6.07) is 113. The monoisotopic (exact) mass is 1390 g/mol. The summed E-state index contributed by atoms with van der Waals surface area (Å²) in [7, 11) is -1.39. The Labute approximate surface area is 611 Å². The van der Waals surface area contributed by atoms with Crippen LogP contribution in [0.1, 0.15) is 0 Å². The largest absolute Gasteiger partial charge is 0.488 e. The summed E-state index contributed by atoms with van der Waals surface area (Å²) in [5.41, 5.74) is 24.8. The highest BCUT2D eigenvalue weighted by Crippen LogP contribution is 2.45. The first-order valence-corrected chi connectivity index (χ1v) is 36.2. The maximum Gasteiger partial charge on any atom is 0.488 e. The highest BCUT2D eigenvalue weighted by atomic mass is 35.5. The number of aromatic nitrogens is 4. The number of halogens is 1. The van der Waals surface area contributed by atoms with Crippen molar-refractivity contribution in [3.8, 4) is 100 Å². The summed E-state index contributed by atoms with van der Waals surface area (Å²) >= 11 is 9.96. The second-order valence-electron chi connectivity index (χ2n) is 25.5. The van der Waals surface area contributed by atoms with Crippen LogP contribution in [0.3, 0.4) is 0 Å². The van der Waals surface area contributed by atoms with Gasteiger partial charge in [-0.25, -0.2) is 19.9 Å². The third-order valence-electron chi connectivity index (χ3n) is 19.2. The van der Waals surface area contributed by atoms with E-state index in [9.17, 15) is 0 Å². The van der Waals surface area contributed by atoms with Gasteiger partial charge in [-0.05, 0) is 150 Å². The van der Waals surface area contributed by atoms with Crippen LogP contribution >= 0.6 is 34.3 Å². The predicted octanol–water partition coefficient (Wildman–Crippen LogP) is 24.5. The minimum atomic E-state index is -1.39. The van der Waals surface area contributed by atoms with Crippen LogP contribution in [0.2, 0.25) is 5.02 Å². The predicted molar refractivity (Wildman–Crippen MR) is 435 cm³/mol. The Morgan fingerprint density at radius 1 is 0.279 bits per heavy atom. The number of nitrogens with zero attached hydrogens (tertiary/aromatic N) is 4. The van der Waals surface area contributed by atoms with Gasteiger partial charge in [0.15, 0.2) is 11.2 Å². The molecule has 0 amide bonds. The van der Waals surface area contributed by atoms with E-state index < -0.39 is 7.12 Å². The summed E-state index contributed by atoms with van der Waals surface area (Å²) in [6.07, 6.45) is 3.24. The van der Waals surface area contributed by atoms with E-state index in [4.69, 9.17) is 40.5 Å². The van der Waals surface area contributed by atoms with Gasteiger partial charge in [-0.2, -0.15) is 0 Å². The van der Waals surface area contributed by atoms with E-state index in [2.05, 4.69) is 253 Å². The molecule has 0 aliphatic rings. The Morgan fingerprint density at radius 2 is 0.625 bits per heavy atom. The highest BCUT2D eigenvalue weighted by Gasteiger charge is 2.20. The van der Waals surface area contributed by atoms with Gasteiger partial charge in [0.05, 0.1) is 0 Å². The summed E-state index contributed by atoms with van der Waals surface area (Å²) in [4.78, 5) is 18.6. The molecule has 0 bridgehead atoms. The maximum atomic E-state index is 8.94. The van der Waals surface area contributed by atoms with Crippen LogP contribution in [-0.4, -0.2) is 37.1 Å². The summed E-state index contributed by atoms with van der Waals surface area (Å²) in [5, 5.41) is 25.6. The lowest BCUT2D eigenvalue weighted by Crippen LogP contribution is -2.29. The van der Waals surface area contributed by atoms with Crippen molar-refractivity contribution in [3.05, 3.63) is 345 Å². The first kappa shape index (κ1) is 63.7. The van der Waals surface area contributed by atoms with Gasteiger partial charge >= 0.3 is 7.12 Å². The molecular formula is C92H58BClN4O4S2. The molecule has 0 spiro atoms. The molecule has 8 nitrogen and oxygen atoms in total. The fraction of sp³-hybridized carbons (Fsp3) is 0. The standard InChI is InChI=1S/C46H28N2OS.C34H19ClN2OS.C12H11BO2/c1-2-9-29(10-3-1)30-19-21-31(22-20-30)34-23-24-41-40(27-34)44-45(49-41)43(47-28-48-44)36-14-7-12-33(26-36)32-11-6-13-35(25-32)37-16-8-17-39-38-15-4-5-18-42(38)50-46(37)39;35-24-14-15-29-28(18-24)32-33(38-29)31(36-19-37-32)23-9-4-7-21(17-23)20-6-3-8-22(16-20)25-11-5-12-27-26-10-1-2-13-30(26)39-34(25)27;14-13(15)12-8-6-11(7-9-12)10-4-2-1-3-5-10/h1-28H;1-19H;1-9,14-15H. The Balaban J connectivity index is 0.000000126. The van der Waals surface area contributed by atoms with E-state index in [0.29, 0.717) is 21.7 Å². The number of hydrogen-bond donors (Lipinski definition) is 2. The van der Waals surface area contributed by atoms with Gasteiger partial charge < -0.3 is 18.9 Å². The van der Waals surface area contributed by atoms with Crippen LogP contribution in [-0.2, 0) is 0 Å². The van der Waals surface area contributed by atoms with Gasteiger partial charge in [0, 0.05) is 67.3 Å². The smallest absolute Gasteiger partial charge is 0.452 e. The van der Waals surface area contributed by atoms with E-state index in [1.165, 1.54) is 73.7 Å². The van der Waals surface area contributed by atoms with Gasteiger partial charge in [-0.3, -0.25) is 0 Å². The van der Waals surface area contributed by atoms with Crippen LogP contribution in [0.4, 0.5) is 0 Å². The zero-order chi connectivity index (χ0) is 69.6. The van der Waals surface area contributed by atoms with E-state index in [1.54, 1.807) is 24.8 Å². The van der Waals surface area contributed by atoms with Crippen molar-refractivity contribution in [2.75, 3.05) is 0 Å². The van der Waals surface area contributed by atoms with Gasteiger partial charge in [0.1, 0.15) is 46.2 Å². The first-order chi connectivity index (χ1) is 51.3. The average molecular weight is 1390 g/mol. The first-order valence-electron chi connectivity index (χ1n) is 34.2. The highest BCUT2D eigenvalue weighted by molar-refractivity contribution is 7.26. The van der Waals surface area contributed by atoms with Gasteiger partial charge in [0.25, 0.3) is 0 Å². The molecule has 0 radical (unpaired) electrons. The van der Waals surface area contributed by atoms with Crippen molar-refractivity contribution in [3.63, 3.8) is 0 Å². The zero-order valence-corrected chi connectivity index (χ0v) is 58.0. The van der Waals surface area contributed by atoms with Crippen molar-refractivity contribution in [2.24, 2.45) is 0 Å². The zero-order valence-electron chi connectivity index (χ0n) is 55.6. The molecule has 6 aromatic heterocycles. The molecule has 2 N–H and O–H groups in total. The molecule has 0 unspecified atom stereocenters. The second kappa shape index (κ2) is 27.5. The molecule has 20 aromatic rings.